The summed E-state index contributed by atoms with van der Waals surface area (Å²) in [6.45, 7) is 0. The predicted molar refractivity (Wildman–Crippen MR) is 93.6 cm³/mol. The van der Waals surface area contributed by atoms with E-state index < -0.39 is 5.92 Å². The molecule has 3 rings (SSSR count). The molecule has 0 bridgehead atoms. The lowest BCUT2D eigenvalue weighted by Gasteiger charge is -2.17. The molecule has 0 saturated heterocycles. The number of ketones is 1. The Kier molecular flexibility index (Phi) is 5.51. The minimum Gasteiger partial charge on any atom is -0.310 e. The van der Waals surface area contributed by atoms with E-state index in [2.05, 4.69) is 15.3 Å². The van der Waals surface area contributed by atoms with E-state index in [9.17, 15) is 9.59 Å². The summed E-state index contributed by atoms with van der Waals surface area (Å²) in [5.41, 5.74) is 0. The number of hydrogen-bond acceptors (Lipinski definition) is 4. The number of pyridine rings is 2. The Morgan fingerprint density at radius 3 is 2.71 bits per heavy atom. The van der Waals surface area contributed by atoms with Crippen LogP contribution >= 0.6 is 0 Å². The monoisotopic (exact) mass is 325 g/mol. The summed E-state index contributed by atoms with van der Waals surface area (Å²) in [5, 5.41) is 4.63. The van der Waals surface area contributed by atoms with Crippen LogP contribution in [-0.2, 0) is 9.59 Å². The van der Waals surface area contributed by atoms with Crippen LogP contribution in [0.4, 0.5) is 5.82 Å². The van der Waals surface area contributed by atoms with Gasteiger partial charge < -0.3 is 5.32 Å². The average Bonchev–Trinajstić information content (AvgIpc) is 2.60. The maximum absolute atomic E-state index is 12.7. The van der Waals surface area contributed by atoms with Crippen LogP contribution in [0.1, 0.15) is 51.4 Å². The highest BCUT2D eigenvalue weighted by atomic mass is 16.2. The van der Waals surface area contributed by atoms with Crippen molar-refractivity contribution in [2.45, 2.75) is 51.4 Å². The van der Waals surface area contributed by atoms with Crippen molar-refractivity contribution >= 4 is 28.3 Å². The molecule has 1 aliphatic rings. The molecule has 0 spiro atoms. The molecule has 5 nitrogen and oxygen atoms in total. The number of anilines is 1. The number of fused-ring (bicyclic) bond motifs is 1. The maximum Gasteiger partial charge on any atom is 0.236 e. The third-order valence-corrected chi connectivity index (χ3v) is 4.68. The Bertz CT molecular complexity index is 724. The first-order valence-electron chi connectivity index (χ1n) is 8.78. The quantitative estimate of drug-likeness (QED) is 0.850. The second-order valence-electron chi connectivity index (χ2n) is 6.42. The van der Waals surface area contributed by atoms with Crippen molar-refractivity contribution in [3.8, 4) is 0 Å². The number of nitrogens with one attached hydrogen (secondary N) is 1. The van der Waals surface area contributed by atoms with Gasteiger partial charge >= 0.3 is 0 Å². The molecular weight excluding hydrogens is 302 g/mol. The standard InChI is InChI=1S/C19H23N3O2/c23-17-8-6-4-2-1-3-5-7-16(17)19(24)22-18-15-10-11-20-13-14(15)9-12-21-18/h9-13,16H,1-8H2,(H,21,22,24). The lowest BCUT2D eigenvalue weighted by atomic mass is 9.90. The van der Waals surface area contributed by atoms with E-state index in [4.69, 9.17) is 0 Å². The van der Waals surface area contributed by atoms with Crippen LogP contribution in [0.2, 0.25) is 0 Å². The zero-order valence-electron chi connectivity index (χ0n) is 13.8. The van der Waals surface area contributed by atoms with Crippen molar-refractivity contribution in [2.24, 2.45) is 5.92 Å². The first-order valence-corrected chi connectivity index (χ1v) is 8.78. The topological polar surface area (TPSA) is 72.0 Å². The fourth-order valence-corrected chi connectivity index (χ4v) is 3.29. The number of carbonyl (C=O) groups is 2. The third kappa shape index (κ3) is 3.96. The molecule has 24 heavy (non-hydrogen) atoms. The minimum atomic E-state index is -0.554. The molecule has 1 aliphatic carbocycles. The second-order valence-corrected chi connectivity index (χ2v) is 6.42. The molecule has 0 radical (unpaired) electrons. The molecule has 1 unspecified atom stereocenters. The highest BCUT2D eigenvalue weighted by molar-refractivity contribution is 6.09. The molecule has 1 amide bonds. The Labute approximate surface area is 141 Å². The summed E-state index contributed by atoms with van der Waals surface area (Å²) in [4.78, 5) is 33.5. The van der Waals surface area contributed by atoms with Crippen LogP contribution in [0.3, 0.4) is 0 Å². The lowest BCUT2D eigenvalue weighted by molar-refractivity contribution is -0.131. The van der Waals surface area contributed by atoms with Gasteiger partial charge in [0.05, 0.1) is 5.92 Å². The normalized spacial score (nSPS) is 19.8. The van der Waals surface area contributed by atoms with Crippen LogP contribution in [-0.4, -0.2) is 21.7 Å². The number of Topliss-reactive ketones (excluding diaryl/α,β-unsaturated/α-hetero) is 1. The number of rotatable bonds is 2. The third-order valence-electron chi connectivity index (χ3n) is 4.68. The number of nitrogens with zero attached hydrogens (tertiary/aromatic N) is 2. The van der Waals surface area contributed by atoms with Crippen LogP contribution in [0.5, 0.6) is 0 Å². The van der Waals surface area contributed by atoms with Crippen molar-refractivity contribution in [2.75, 3.05) is 5.32 Å². The molecule has 1 fully saturated rings. The van der Waals surface area contributed by atoms with E-state index in [1.54, 1.807) is 18.6 Å². The smallest absolute Gasteiger partial charge is 0.236 e. The summed E-state index contributed by atoms with van der Waals surface area (Å²) in [7, 11) is 0. The number of carbonyl (C=O) groups excluding carboxylic acids is 2. The molecule has 5 heteroatoms. The predicted octanol–water partition coefficient (Wildman–Crippen LogP) is 3.89. The van der Waals surface area contributed by atoms with Crippen molar-refractivity contribution in [3.63, 3.8) is 0 Å². The fourth-order valence-electron chi connectivity index (χ4n) is 3.29. The molecule has 1 saturated carbocycles. The first kappa shape index (κ1) is 16.6. The molecule has 0 aromatic carbocycles. The largest absolute Gasteiger partial charge is 0.310 e. The van der Waals surface area contributed by atoms with E-state index in [-0.39, 0.29) is 11.7 Å². The van der Waals surface area contributed by atoms with Gasteiger partial charge in [0, 0.05) is 35.8 Å². The Hall–Kier alpha value is -2.30. The van der Waals surface area contributed by atoms with Gasteiger partial charge in [-0.2, -0.15) is 0 Å². The van der Waals surface area contributed by atoms with E-state index in [0.29, 0.717) is 18.7 Å². The van der Waals surface area contributed by atoms with Gasteiger partial charge in [0.25, 0.3) is 0 Å². The van der Waals surface area contributed by atoms with Crippen molar-refractivity contribution < 1.29 is 9.59 Å². The average molecular weight is 325 g/mol. The minimum absolute atomic E-state index is 0.0660. The molecule has 0 aliphatic heterocycles. The summed E-state index contributed by atoms with van der Waals surface area (Å²) in [6, 6.07) is 3.68. The van der Waals surface area contributed by atoms with Crippen molar-refractivity contribution in [1.82, 2.24) is 9.97 Å². The summed E-state index contributed by atoms with van der Waals surface area (Å²) < 4.78 is 0. The van der Waals surface area contributed by atoms with Gasteiger partial charge in [-0.1, -0.05) is 32.1 Å². The Morgan fingerprint density at radius 1 is 1.04 bits per heavy atom. The van der Waals surface area contributed by atoms with Gasteiger partial charge in [-0.3, -0.25) is 14.6 Å². The number of hydrogen-bond donors (Lipinski definition) is 1. The molecule has 1 atom stereocenters. The van der Waals surface area contributed by atoms with Gasteiger partial charge in [-0.15, -0.1) is 0 Å². The van der Waals surface area contributed by atoms with Crippen LogP contribution in [0, 0.1) is 5.92 Å². The highest BCUT2D eigenvalue weighted by Gasteiger charge is 2.26. The summed E-state index contributed by atoms with van der Waals surface area (Å²) in [6.07, 6.45) is 12.6. The van der Waals surface area contributed by atoms with E-state index >= 15 is 0 Å². The SMILES string of the molecule is O=C1CCCCCCCCC1C(=O)Nc1nccc2cnccc12. The van der Waals surface area contributed by atoms with Crippen LogP contribution in [0.15, 0.2) is 30.7 Å². The van der Waals surface area contributed by atoms with E-state index in [1.165, 1.54) is 12.8 Å². The van der Waals surface area contributed by atoms with Gasteiger partial charge in [0.1, 0.15) is 11.6 Å². The fraction of sp³-hybridized carbons (Fsp3) is 0.474. The second kappa shape index (κ2) is 7.99. The zero-order chi connectivity index (χ0) is 16.8. The molecule has 1 N–H and O–H groups in total. The molecule has 2 aromatic rings. The number of aromatic nitrogens is 2. The lowest BCUT2D eigenvalue weighted by Crippen LogP contribution is -2.30. The van der Waals surface area contributed by atoms with Gasteiger partial charge in [0.2, 0.25) is 5.91 Å². The van der Waals surface area contributed by atoms with Crippen molar-refractivity contribution in [3.05, 3.63) is 30.7 Å². The van der Waals surface area contributed by atoms with Crippen LogP contribution < -0.4 is 5.32 Å². The van der Waals surface area contributed by atoms with Gasteiger partial charge in [-0.25, -0.2) is 4.98 Å². The van der Waals surface area contributed by atoms with E-state index in [1.807, 2.05) is 12.1 Å². The van der Waals surface area contributed by atoms with E-state index in [0.717, 1.165) is 36.5 Å². The molecule has 2 aromatic heterocycles. The van der Waals surface area contributed by atoms with Gasteiger partial charge in [-0.05, 0) is 25.0 Å². The number of amides is 1. The van der Waals surface area contributed by atoms with Gasteiger partial charge in [0.15, 0.2) is 0 Å². The maximum atomic E-state index is 12.7. The van der Waals surface area contributed by atoms with Crippen LogP contribution in [0.25, 0.3) is 10.8 Å². The Balaban J connectivity index is 1.77. The molecular formula is C19H23N3O2. The van der Waals surface area contributed by atoms with Crippen molar-refractivity contribution in [1.29, 1.82) is 0 Å². The summed E-state index contributed by atoms with van der Waals surface area (Å²) >= 11 is 0. The molecule has 2 heterocycles. The summed E-state index contributed by atoms with van der Waals surface area (Å²) in [5.74, 6) is -0.208. The highest BCUT2D eigenvalue weighted by Crippen LogP contribution is 2.23. The molecule has 126 valence electrons. The Morgan fingerprint density at radius 2 is 1.83 bits per heavy atom. The first-order chi connectivity index (χ1) is 11.8. The zero-order valence-corrected chi connectivity index (χ0v) is 13.8.